The molecule has 119 heavy (non-hydrogen) atoms. The summed E-state index contributed by atoms with van der Waals surface area (Å²) in [5.74, 6) is -10.7. The number of nitrogens with two attached hydrogens (primary N) is 1. The third-order valence-corrected chi connectivity index (χ3v) is 24.2. The molecule has 16 N–H and O–H groups in total. The van der Waals surface area contributed by atoms with Crippen LogP contribution in [0.3, 0.4) is 0 Å². The lowest BCUT2D eigenvalue weighted by Crippen LogP contribution is -2.62. The monoisotopic (exact) mass is 1660 g/mol. The van der Waals surface area contributed by atoms with Crippen LogP contribution in [0.25, 0.3) is 32.4 Å². The third-order valence-electron chi connectivity index (χ3n) is 21.8. The van der Waals surface area contributed by atoms with Gasteiger partial charge in [0.1, 0.15) is 48.0 Å². The minimum atomic E-state index is -1.89. The van der Waals surface area contributed by atoms with Crippen molar-refractivity contribution in [2.24, 2.45) is 5.73 Å². The number of nitrogens with one attached hydrogen (secondary N) is 9. The van der Waals surface area contributed by atoms with Crippen LogP contribution in [-0.2, 0) is 78.0 Å². The molecule has 3 aliphatic rings. The molecule has 7 aromatic carbocycles. The SMILES string of the molecule is C[C@@H](O)[C@H](NC(=O)[C@@H]1CSSC[C@H](NC(=O)[C@@H](Cc2ccccc2)NC(=O)CC[N+]2=C(/C=C/C=C/C=C/C=C3/N(CCC(=O)O)c4ccc5ccccc5c4C3(C)C)C(C)(C)c3c2ccc2ccccc32)C(=O)N[C@@H](Cc2ccc(O)cc2)C(=O)N[C@H](Cc2c[nH]c3ccccc23)C(=O)N[C@@H](CCCCN)C(=O)N[C@@H]([C@@H](C)O)C(=O)N1)C(=O)O. The first-order valence-corrected chi connectivity index (χ1v) is 42.2. The van der Waals surface area contributed by atoms with Crippen molar-refractivity contribution in [2.45, 2.75) is 164 Å². The number of aliphatic carboxylic acids is 2. The number of unbranched alkanes of at least 4 members (excludes halogenated alkanes) is 1. The number of amides is 8. The van der Waals surface area contributed by atoms with Gasteiger partial charge < -0.3 is 83.7 Å². The maximum Gasteiger partial charge on any atom is 0.328 e. The van der Waals surface area contributed by atoms with Crippen LogP contribution in [0.5, 0.6) is 5.75 Å². The summed E-state index contributed by atoms with van der Waals surface area (Å²) >= 11 is 0. The molecule has 0 radical (unpaired) electrons. The molecule has 4 heterocycles. The van der Waals surface area contributed by atoms with Gasteiger partial charge in [0.2, 0.25) is 52.9 Å². The second-order valence-electron chi connectivity index (χ2n) is 31.1. The first-order chi connectivity index (χ1) is 57.0. The van der Waals surface area contributed by atoms with Crippen LogP contribution in [-0.4, -0.2) is 192 Å². The number of hydrogen-bond donors (Lipinski definition) is 15. The fourth-order valence-electron chi connectivity index (χ4n) is 15.6. The number of aliphatic hydroxyl groups is 2. The van der Waals surface area contributed by atoms with E-state index >= 15 is 19.2 Å². The van der Waals surface area contributed by atoms with Gasteiger partial charge in [-0.25, -0.2) is 4.79 Å². The number of allylic oxidation sites excluding steroid dienone is 8. The molecule has 11 rings (SSSR count). The van der Waals surface area contributed by atoms with Gasteiger partial charge in [0, 0.05) is 88.9 Å². The number of aliphatic hydroxyl groups excluding tert-OH is 2. The van der Waals surface area contributed by atoms with E-state index in [1.165, 1.54) is 31.2 Å². The van der Waals surface area contributed by atoms with E-state index in [4.69, 9.17) is 5.73 Å². The zero-order valence-corrected chi connectivity index (χ0v) is 68.8. The molecule has 0 spiro atoms. The quantitative estimate of drug-likeness (QED) is 0.00964. The van der Waals surface area contributed by atoms with Crippen molar-refractivity contribution in [3.8, 4) is 5.75 Å². The number of carboxylic acid groups (broad SMARTS) is 2. The lowest BCUT2D eigenvalue weighted by atomic mass is 9.79. The van der Waals surface area contributed by atoms with Crippen molar-refractivity contribution in [1.29, 1.82) is 0 Å². The van der Waals surface area contributed by atoms with Gasteiger partial charge >= 0.3 is 11.9 Å². The number of anilines is 1. The number of aromatic nitrogens is 1. The van der Waals surface area contributed by atoms with Crippen molar-refractivity contribution in [1.82, 2.24) is 47.5 Å². The third kappa shape index (κ3) is 21.7. The van der Waals surface area contributed by atoms with Gasteiger partial charge in [-0.1, -0.05) is 181 Å². The lowest BCUT2D eigenvalue weighted by Gasteiger charge is -2.29. The highest BCUT2D eigenvalue weighted by Crippen LogP contribution is 2.51. The summed E-state index contributed by atoms with van der Waals surface area (Å²) < 4.78 is 2.10. The van der Waals surface area contributed by atoms with Gasteiger partial charge in [0.25, 0.3) is 0 Å². The van der Waals surface area contributed by atoms with E-state index in [1.54, 1.807) is 48.7 Å². The van der Waals surface area contributed by atoms with E-state index < -0.39 is 136 Å². The maximum absolute atomic E-state index is 15.5. The van der Waals surface area contributed by atoms with Gasteiger partial charge in [-0.3, -0.25) is 43.2 Å². The molecule has 3 aliphatic heterocycles. The average molecular weight is 1660 g/mol. The zero-order chi connectivity index (χ0) is 85.2. The van der Waals surface area contributed by atoms with E-state index in [0.29, 0.717) is 40.6 Å². The second kappa shape index (κ2) is 40.0. The van der Waals surface area contributed by atoms with Gasteiger partial charge in [0.05, 0.1) is 30.5 Å². The molecule has 8 aromatic rings. The Bertz CT molecular complexity index is 5250. The average Bonchev–Trinajstić information content (AvgIpc) is 1.58. The number of nitrogens with zero attached hydrogens (tertiary/aromatic N) is 2. The van der Waals surface area contributed by atoms with Crippen molar-refractivity contribution < 1.29 is 78.1 Å². The molecule has 8 amide bonds. The summed E-state index contributed by atoms with van der Waals surface area (Å²) in [7, 11) is 1.78. The predicted octanol–water partition coefficient (Wildman–Crippen LogP) is 7.75. The molecule has 10 atom stereocenters. The van der Waals surface area contributed by atoms with E-state index in [1.807, 2.05) is 97.1 Å². The Balaban J connectivity index is 0.907. The molecule has 0 saturated carbocycles. The normalized spacial score (nSPS) is 20.8. The number of benzene rings is 7. The number of aromatic amines is 1. The summed E-state index contributed by atoms with van der Waals surface area (Å²) in [5, 5.41) is 78.4. The van der Waals surface area contributed by atoms with Crippen LogP contribution in [0.1, 0.15) is 101 Å². The minimum absolute atomic E-state index is 0.0498. The number of carboxylic acids is 2. The van der Waals surface area contributed by atoms with Gasteiger partial charge in [-0.15, -0.1) is 0 Å². The van der Waals surface area contributed by atoms with Crippen LogP contribution in [0.2, 0.25) is 0 Å². The standard InChI is InChI=1S/C90H102N12O15S2/c1-53(103)79-87(115)98-70(86(114)100-80(54(2)104)88(116)117)52-119-118-51-69(85(113)95-67(48-56-34-38-60(105)39-35-56)83(111)96-68(49-59-50-92-64-30-20-19-27-61(59)64)84(112)94-65(81(109)99-79)31-21-22-44-91)97-82(110)66(47-55-23-11-10-12-24-55)93-75(106)42-45-101-71-40-36-57-25-15-17-28-62(57)77(71)89(3,4)73(101)32-13-8-7-9-14-33-74-90(5,6)78-63-29-18-16-26-58(63)37-41-72(78)102(74)46-43-76(107)108/h7-20,23-30,32-41,50,53-54,65-70,79-80,92,103-104H,21-22,31,42-49,51-52,91H2,1-6H3,(H10-,93,94,95,96,97,98,99,100,105,106,107,108,109,110,111,112,113,114,115,116,117)/p+1/t53-,54-,65+,66-,67+,68-,69+,70+,79+,80+/m1/s1. The summed E-state index contributed by atoms with van der Waals surface area (Å²) in [6.45, 7) is 11.5. The first kappa shape index (κ1) is 87.9. The van der Waals surface area contributed by atoms with E-state index in [9.17, 15) is 54.3 Å². The first-order valence-electron chi connectivity index (χ1n) is 39.8. The molecule has 1 fully saturated rings. The fourth-order valence-corrected chi connectivity index (χ4v) is 17.9. The number of para-hydroxylation sites is 1. The highest BCUT2D eigenvalue weighted by Gasteiger charge is 2.47. The Morgan fingerprint density at radius 3 is 1.92 bits per heavy atom. The zero-order valence-electron chi connectivity index (χ0n) is 67.1. The summed E-state index contributed by atoms with van der Waals surface area (Å²) in [6, 6.07) is 33.5. The Morgan fingerprint density at radius 1 is 0.622 bits per heavy atom. The number of aromatic hydroxyl groups is 1. The van der Waals surface area contributed by atoms with Crippen LogP contribution < -0.4 is 53.2 Å². The van der Waals surface area contributed by atoms with Crippen molar-refractivity contribution >= 4 is 130 Å². The number of phenolic OH excluding ortho intramolecular Hbond substituents is 1. The molecule has 1 saturated heterocycles. The van der Waals surface area contributed by atoms with Crippen molar-refractivity contribution in [3.63, 3.8) is 0 Å². The van der Waals surface area contributed by atoms with E-state index in [-0.39, 0.29) is 69.5 Å². The topological polar surface area (TPSA) is 416 Å². The number of phenols is 1. The molecule has 624 valence electrons. The maximum atomic E-state index is 15.5. The largest absolute Gasteiger partial charge is 0.508 e. The van der Waals surface area contributed by atoms with Gasteiger partial charge in [-0.2, -0.15) is 4.58 Å². The molecule has 1 aromatic heterocycles. The number of carbonyl (C=O) groups excluding carboxylic acids is 8. The number of rotatable bonds is 28. The summed E-state index contributed by atoms with van der Waals surface area (Å²) in [6.07, 6.45) is 11.9. The number of carbonyl (C=O) groups is 10. The van der Waals surface area contributed by atoms with Crippen LogP contribution >= 0.6 is 21.6 Å². The van der Waals surface area contributed by atoms with Gasteiger partial charge in [-0.05, 0) is 134 Å². The number of fused-ring (bicyclic) bond motifs is 7. The Hall–Kier alpha value is -11.9. The molecule has 0 aliphatic carbocycles. The Labute approximate surface area is 697 Å². The highest BCUT2D eigenvalue weighted by atomic mass is 33.1. The molecule has 0 bridgehead atoms. The van der Waals surface area contributed by atoms with Crippen molar-refractivity contribution in [3.05, 3.63) is 234 Å². The Kier molecular flexibility index (Phi) is 29.6. The van der Waals surface area contributed by atoms with Gasteiger partial charge in [0.15, 0.2) is 18.3 Å². The van der Waals surface area contributed by atoms with Crippen LogP contribution in [0.15, 0.2) is 206 Å². The van der Waals surface area contributed by atoms with Crippen LogP contribution in [0.4, 0.5) is 11.4 Å². The predicted molar refractivity (Wildman–Crippen MR) is 462 cm³/mol. The molecule has 27 nitrogen and oxygen atoms in total. The molecular weight excluding hydrogens is 1550 g/mol. The van der Waals surface area contributed by atoms with E-state index in [2.05, 4.69) is 115 Å². The summed E-state index contributed by atoms with van der Waals surface area (Å²) in [4.78, 5) is 149. The fraction of sp³-hybridized carbons (Fsp3) is 0.344. The number of hydrogen-bond acceptors (Lipinski definition) is 17. The van der Waals surface area contributed by atoms with Crippen LogP contribution in [0, 0.1) is 0 Å². The second-order valence-corrected chi connectivity index (χ2v) is 33.6. The molecule has 0 unspecified atom stereocenters. The Morgan fingerprint density at radius 2 is 1.24 bits per heavy atom. The van der Waals surface area contributed by atoms with E-state index in [0.717, 1.165) is 84.0 Å². The smallest absolute Gasteiger partial charge is 0.328 e. The van der Waals surface area contributed by atoms with Crippen molar-refractivity contribution in [2.75, 3.05) is 36.0 Å². The minimum Gasteiger partial charge on any atom is -0.508 e. The number of H-pyrrole nitrogens is 1. The highest BCUT2D eigenvalue weighted by molar-refractivity contribution is 8.76. The summed E-state index contributed by atoms with van der Waals surface area (Å²) in [5.41, 5.74) is 13.0. The molecule has 29 heteroatoms. The lowest BCUT2D eigenvalue weighted by molar-refractivity contribution is -0.436. The molecular formula is C90H103N12O15S2+.